The summed E-state index contributed by atoms with van der Waals surface area (Å²) in [5.41, 5.74) is 1.40. The summed E-state index contributed by atoms with van der Waals surface area (Å²) in [7, 11) is 1.35. The van der Waals surface area contributed by atoms with Crippen molar-refractivity contribution in [2.45, 2.75) is 26.9 Å². The Hall–Kier alpha value is -2.61. The standard InChI is InChI=1S/C13H12N2O3S.C3H6O2/c1-2-14-9-6-4-3-5-8(9)12-11(14)13(18)15(19-12)7-10(16)17;1-3(4)5-2/h3-6H,2,7H2,1H3,(H,16,17);1-2H3. The van der Waals surface area contributed by atoms with Gasteiger partial charge >= 0.3 is 11.9 Å². The molecule has 8 heteroatoms. The second kappa shape index (κ2) is 7.31. The lowest BCUT2D eigenvalue weighted by Crippen LogP contribution is -2.19. The van der Waals surface area contributed by atoms with Crippen molar-refractivity contribution in [2.24, 2.45) is 0 Å². The number of benzene rings is 1. The number of ether oxygens (including phenoxy) is 1. The van der Waals surface area contributed by atoms with Crippen LogP contribution < -0.4 is 5.56 Å². The molecule has 7 nitrogen and oxygen atoms in total. The number of hydrogen-bond donors (Lipinski definition) is 1. The number of carbonyl (C=O) groups excluding carboxylic acids is 1. The van der Waals surface area contributed by atoms with Gasteiger partial charge in [-0.15, -0.1) is 0 Å². The van der Waals surface area contributed by atoms with Crippen molar-refractivity contribution in [3.63, 3.8) is 0 Å². The first-order chi connectivity index (χ1) is 11.4. The van der Waals surface area contributed by atoms with Crippen molar-refractivity contribution in [3.8, 4) is 0 Å². The zero-order chi connectivity index (χ0) is 17.9. The van der Waals surface area contributed by atoms with Crippen LogP contribution in [0.15, 0.2) is 29.1 Å². The fourth-order valence-corrected chi connectivity index (χ4v) is 3.52. The van der Waals surface area contributed by atoms with E-state index in [2.05, 4.69) is 4.74 Å². The Bertz CT molecular complexity index is 951. The molecule has 128 valence electrons. The van der Waals surface area contributed by atoms with Crippen molar-refractivity contribution in [3.05, 3.63) is 34.6 Å². The van der Waals surface area contributed by atoms with E-state index in [4.69, 9.17) is 5.11 Å². The van der Waals surface area contributed by atoms with E-state index >= 15 is 0 Å². The largest absolute Gasteiger partial charge is 0.480 e. The van der Waals surface area contributed by atoms with Gasteiger partial charge in [0, 0.05) is 18.9 Å². The highest BCUT2D eigenvalue weighted by Gasteiger charge is 2.18. The predicted octanol–water partition coefficient (Wildman–Crippen LogP) is 2.30. The Balaban J connectivity index is 0.000000368. The number of carbonyl (C=O) groups is 2. The number of nitrogens with zero attached hydrogens (tertiary/aromatic N) is 2. The fourth-order valence-electron chi connectivity index (χ4n) is 2.40. The minimum atomic E-state index is -1.00. The number of carboxylic acids is 1. The van der Waals surface area contributed by atoms with Gasteiger partial charge in [-0.05, 0) is 13.0 Å². The van der Waals surface area contributed by atoms with Crippen LogP contribution in [0.4, 0.5) is 0 Å². The van der Waals surface area contributed by atoms with Crippen LogP contribution in [0.2, 0.25) is 0 Å². The second-order valence-corrected chi connectivity index (χ2v) is 5.99. The maximum atomic E-state index is 12.3. The molecule has 0 aliphatic carbocycles. The number of fused-ring (bicyclic) bond motifs is 3. The molecular formula is C16H18N2O5S. The summed E-state index contributed by atoms with van der Waals surface area (Å²) in [6.07, 6.45) is 0. The summed E-state index contributed by atoms with van der Waals surface area (Å²) in [5.74, 6) is -1.25. The number of aliphatic carboxylic acids is 1. The topological polar surface area (TPSA) is 90.5 Å². The molecule has 1 aromatic carbocycles. The van der Waals surface area contributed by atoms with Gasteiger partial charge in [-0.3, -0.25) is 18.3 Å². The minimum absolute atomic E-state index is 0.222. The lowest BCUT2D eigenvalue weighted by molar-refractivity contribution is -0.138. The summed E-state index contributed by atoms with van der Waals surface area (Å²) >= 11 is 1.22. The zero-order valence-electron chi connectivity index (χ0n) is 13.6. The number of aromatic nitrogens is 2. The summed E-state index contributed by atoms with van der Waals surface area (Å²) in [5, 5.41) is 9.84. The molecule has 0 saturated carbocycles. The van der Waals surface area contributed by atoms with Crippen molar-refractivity contribution in [1.82, 2.24) is 8.52 Å². The van der Waals surface area contributed by atoms with Gasteiger partial charge < -0.3 is 14.4 Å². The van der Waals surface area contributed by atoms with E-state index in [1.807, 2.05) is 35.8 Å². The highest BCUT2D eigenvalue weighted by atomic mass is 32.1. The molecule has 0 fully saturated rings. The normalized spacial score (nSPS) is 10.5. The van der Waals surface area contributed by atoms with Crippen LogP contribution in [0.5, 0.6) is 0 Å². The first kappa shape index (κ1) is 17.7. The van der Waals surface area contributed by atoms with E-state index < -0.39 is 5.97 Å². The number of methoxy groups -OCH3 is 1. The lowest BCUT2D eigenvalue weighted by Gasteiger charge is -2.01. The molecule has 0 unspecified atom stereocenters. The molecule has 0 bridgehead atoms. The third-order valence-corrected chi connectivity index (χ3v) is 4.55. The smallest absolute Gasteiger partial charge is 0.324 e. The molecule has 0 saturated heterocycles. The van der Waals surface area contributed by atoms with Gasteiger partial charge in [0.15, 0.2) is 0 Å². The Morgan fingerprint density at radius 3 is 2.46 bits per heavy atom. The van der Waals surface area contributed by atoms with Crippen LogP contribution in [0.1, 0.15) is 13.8 Å². The van der Waals surface area contributed by atoms with Gasteiger partial charge in [0.2, 0.25) is 0 Å². The predicted molar refractivity (Wildman–Crippen MR) is 92.6 cm³/mol. The van der Waals surface area contributed by atoms with Crippen molar-refractivity contribution in [1.29, 1.82) is 0 Å². The van der Waals surface area contributed by atoms with Gasteiger partial charge in [0.1, 0.15) is 12.1 Å². The molecule has 0 spiro atoms. The molecule has 0 atom stereocenters. The maximum Gasteiger partial charge on any atom is 0.324 e. The van der Waals surface area contributed by atoms with E-state index in [1.54, 1.807) is 0 Å². The second-order valence-electron chi connectivity index (χ2n) is 4.96. The van der Waals surface area contributed by atoms with Gasteiger partial charge in [-0.25, -0.2) is 0 Å². The highest BCUT2D eigenvalue weighted by molar-refractivity contribution is 7.15. The number of esters is 1. The van der Waals surface area contributed by atoms with Crippen LogP contribution in [0, 0.1) is 0 Å². The summed E-state index contributed by atoms with van der Waals surface area (Å²) < 4.78 is 8.22. The van der Waals surface area contributed by atoms with E-state index in [9.17, 15) is 14.4 Å². The quantitative estimate of drug-likeness (QED) is 0.732. The first-order valence-electron chi connectivity index (χ1n) is 7.28. The van der Waals surface area contributed by atoms with Crippen LogP contribution in [-0.4, -0.2) is 32.7 Å². The lowest BCUT2D eigenvalue weighted by atomic mass is 10.2. The molecule has 0 radical (unpaired) electrons. The molecular weight excluding hydrogens is 332 g/mol. The van der Waals surface area contributed by atoms with Gasteiger partial charge in [-0.1, -0.05) is 29.7 Å². The van der Waals surface area contributed by atoms with E-state index in [-0.39, 0.29) is 18.1 Å². The molecule has 3 aromatic rings. The van der Waals surface area contributed by atoms with Crippen LogP contribution >= 0.6 is 11.5 Å². The van der Waals surface area contributed by atoms with Crippen molar-refractivity contribution >= 4 is 44.6 Å². The fraction of sp³-hybridized carbons (Fsp3) is 0.312. The Morgan fingerprint density at radius 1 is 1.29 bits per heavy atom. The molecule has 3 rings (SSSR count). The van der Waals surface area contributed by atoms with Gasteiger partial charge in [0.25, 0.3) is 5.56 Å². The zero-order valence-corrected chi connectivity index (χ0v) is 14.4. The molecule has 0 aliphatic rings. The first-order valence-corrected chi connectivity index (χ1v) is 8.05. The van der Waals surface area contributed by atoms with E-state index in [0.717, 1.165) is 15.6 Å². The van der Waals surface area contributed by atoms with Crippen LogP contribution in [0.3, 0.4) is 0 Å². The number of hydrogen-bond acceptors (Lipinski definition) is 5. The number of carboxylic acid groups (broad SMARTS) is 1. The SMILES string of the molecule is CCn1c2ccccc2c2sn(CC(=O)O)c(=O)c21.COC(C)=O. The number of para-hydroxylation sites is 1. The monoisotopic (exact) mass is 350 g/mol. The third kappa shape index (κ3) is 3.33. The van der Waals surface area contributed by atoms with Crippen LogP contribution in [-0.2, 0) is 27.4 Å². The molecule has 2 aromatic heterocycles. The highest BCUT2D eigenvalue weighted by Crippen LogP contribution is 2.30. The molecule has 1 N–H and O–H groups in total. The number of aryl methyl sites for hydroxylation is 1. The average molecular weight is 350 g/mol. The average Bonchev–Trinajstić information content (AvgIpc) is 3.03. The summed E-state index contributed by atoms with van der Waals surface area (Å²) in [4.78, 5) is 32.7. The third-order valence-electron chi connectivity index (χ3n) is 3.44. The van der Waals surface area contributed by atoms with Gasteiger partial charge in [0.05, 0.1) is 17.3 Å². The summed E-state index contributed by atoms with van der Waals surface area (Å²) in [6.45, 7) is 3.74. The van der Waals surface area contributed by atoms with E-state index in [1.165, 1.54) is 29.5 Å². The van der Waals surface area contributed by atoms with Crippen molar-refractivity contribution in [2.75, 3.05) is 7.11 Å². The molecule has 2 heterocycles. The van der Waals surface area contributed by atoms with Crippen molar-refractivity contribution < 1.29 is 19.4 Å². The number of rotatable bonds is 3. The molecule has 0 aliphatic heterocycles. The van der Waals surface area contributed by atoms with Crippen LogP contribution in [0.25, 0.3) is 21.1 Å². The Kier molecular flexibility index (Phi) is 5.40. The molecule has 24 heavy (non-hydrogen) atoms. The summed E-state index contributed by atoms with van der Waals surface area (Å²) in [6, 6.07) is 7.80. The Morgan fingerprint density at radius 2 is 1.92 bits per heavy atom. The van der Waals surface area contributed by atoms with E-state index in [0.29, 0.717) is 12.1 Å². The van der Waals surface area contributed by atoms with Gasteiger partial charge in [-0.2, -0.15) is 0 Å². The minimum Gasteiger partial charge on any atom is -0.480 e. The maximum absolute atomic E-state index is 12.3. The molecule has 0 amide bonds. The Labute approximate surface area is 141 Å².